The molecule has 1 saturated heterocycles. The number of amides is 3. The molecule has 3 aliphatic carbocycles. The first-order valence-electron chi connectivity index (χ1n) is 11.9. The highest BCUT2D eigenvalue weighted by atomic mass is 16.3. The molecule has 172 valence electrons. The van der Waals surface area contributed by atoms with Crippen molar-refractivity contribution in [2.45, 2.75) is 31.3 Å². The van der Waals surface area contributed by atoms with Crippen LogP contribution in [0.25, 0.3) is 0 Å². The monoisotopic (exact) mass is 448 g/mol. The average molecular weight is 449 g/mol. The Labute approximate surface area is 192 Å². The Morgan fingerprint density at radius 2 is 1.76 bits per heavy atom. The van der Waals surface area contributed by atoms with Crippen LogP contribution in [-0.2, 0) is 4.79 Å². The lowest BCUT2D eigenvalue weighted by Gasteiger charge is -2.57. The van der Waals surface area contributed by atoms with Gasteiger partial charge in [0.2, 0.25) is 5.91 Å². The summed E-state index contributed by atoms with van der Waals surface area (Å²) in [6.45, 7) is 2.13. The molecular weight excluding hydrogens is 420 g/mol. The predicted octanol–water partition coefficient (Wildman–Crippen LogP) is 2.55. The third-order valence-corrected chi connectivity index (χ3v) is 8.07. The average Bonchev–Trinajstić information content (AvgIpc) is 3.39. The molecule has 1 spiro atoms. The van der Waals surface area contributed by atoms with Gasteiger partial charge in [-0.2, -0.15) is 0 Å². The van der Waals surface area contributed by atoms with Gasteiger partial charge in [-0.05, 0) is 55.9 Å². The maximum Gasteiger partial charge on any atom is 0.289 e. The number of benzene rings is 1. The lowest BCUT2D eigenvalue weighted by molar-refractivity contribution is -0.144. The van der Waals surface area contributed by atoms with Crippen molar-refractivity contribution in [3.8, 4) is 0 Å². The van der Waals surface area contributed by atoms with Crippen molar-refractivity contribution >= 4 is 23.4 Å². The molecule has 5 aliphatic rings. The Morgan fingerprint density at radius 1 is 0.970 bits per heavy atom. The molecule has 7 rings (SSSR count). The van der Waals surface area contributed by atoms with Gasteiger partial charge in [-0.15, -0.1) is 0 Å². The van der Waals surface area contributed by atoms with E-state index in [4.69, 9.17) is 4.42 Å². The van der Waals surface area contributed by atoms with Gasteiger partial charge in [-0.1, -0.05) is 12.1 Å². The SMILES string of the molecule is O=C1N[C@@]2(CC3CCC2CC3C(=O)N2CCN(C(=O)c3ccco3)CC2)Nc2ccccc21. The Hall–Kier alpha value is -3.29. The summed E-state index contributed by atoms with van der Waals surface area (Å²) in [5.41, 5.74) is 1.10. The van der Waals surface area contributed by atoms with Gasteiger partial charge in [0, 0.05) is 43.7 Å². The van der Waals surface area contributed by atoms with Crippen LogP contribution in [0.3, 0.4) is 0 Å². The quantitative estimate of drug-likeness (QED) is 0.736. The van der Waals surface area contributed by atoms with Crippen LogP contribution in [0, 0.1) is 17.8 Å². The standard InChI is InChI=1S/C25H28N4O4/c30-22-18-4-1-2-5-20(18)26-25(27-22)15-16-7-8-17(25)14-19(16)23(31)28-9-11-29(12-10-28)24(32)21-6-3-13-33-21/h1-6,13,16-17,19,26H,7-12,14-15H2,(H,27,30)/t16?,17?,19?,25-/m1/s1. The summed E-state index contributed by atoms with van der Waals surface area (Å²) in [5.74, 6) is 0.833. The highest BCUT2D eigenvalue weighted by Gasteiger charge is 2.55. The Kier molecular flexibility index (Phi) is 4.71. The van der Waals surface area contributed by atoms with Crippen molar-refractivity contribution in [3.63, 3.8) is 0 Å². The minimum Gasteiger partial charge on any atom is -0.459 e. The molecule has 2 N–H and O–H groups in total. The zero-order chi connectivity index (χ0) is 22.6. The number of rotatable bonds is 2. The van der Waals surface area contributed by atoms with Crippen molar-refractivity contribution in [1.82, 2.24) is 15.1 Å². The summed E-state index contributed by atoms with van der Waals surface area (Å²) in [6.07, 6.45) is 5.07. The molecule has 33 heavy (non-hydrogen) atoms. The van der Waals surface area contributed by atoms with Crippen LogP contribution in [-0.4, -0.2) is 59.4 Å². The van der Waals surface area contributed by atoms with Crippen LogP contribution in [0.15, 0.2) is 47.1 Å². The van der Waals surface area contributed by atoms with E-state index in [1.807, 2.05) is 29.2 Å². The molecule has 3 amide bonds. The van der Waals surface area contributed by atoms with E-state index in [1.54, 1.807) is 17.0 Å². The molecule has 1 aromatic heterocycles. The number of fused-ring (bicyclic) bond motifs is 3. The van der Waals surface area contributed by atoms with Crippen molar-refractivity contribution in [3.05, 3.63) is 54.0 Å². The molecule has 8 heteroatoms. The summed E-state index contributed by atoms with van der Waals surface area (Å²) >= 11 is 0. The van der Waals surface area contributed by atoms with Crippen molar-refractivity contribution in [1.29, 1.82) is 0 Å². The van der Waals surface area contributed by atoms with Crippen molar-refractivity contribution < 1.29 is 18.8 Å². The normalized spacial score (nSPS) is 30.5. The fraction of sp³-hybridized carbons (Fsp3) is 0.480. The molecular formula is C25H28N4O4. The zero-order valence-electron chi connectivity index (χ0n) is 18.5. The number of carbonyl (C=O) groups excluding carboxylic acids is 3. The zero-order valence-corrected chi connectivity index (χ0v) is 18.5. The van der Waals surface area contributed by atoms with E-state index in [2.05, 4.69) is 10.6 Å². The first-order chi connectivity index (χ1) is 16.0. The van der Waals surface area contributed by atoms with Gasteiger partial charge in [0.15, 0.2) is 5.76 Å². The Morgan fingerprint density at radius 3 is 2.48 bits per heavy atom. The molecule has 0 radical (unpaired) electrons. The topological polar surface area (TPSA) is 94.9 Å². The second-order valence-corrected chi connectivity index (χ2v) is 9.77. The van der Waals surface area contributed by atoms with Gasteiger partial charge < -0.3 is 24.9 Å². The maximum atomic E-state index is 13.5. The van der Waals surface area contributed by atoms with E-state index < -0.39 is 5.66 Å². The molecule has 2 bridgehead atoms. The third-order valence-electron chi connectivity index (χ3n) is 8.07. The van der Waals surface area contributed by atoms with E-state index in [0.717, 1.165) is 31.4 Å². The number of hydrogen-bond donors (Lipinski definition) is 2. The van der Waals surface area contributed by atoms with Crippen LogP contribution in [0.2, 0.25) is 0 Å². The maximum absolute atomic E-state index is 13.5. The van der Waals surface area contributed by atoms with Crippen LogP contribution in [0.5, 0.6) is 0 Å². The lowest BCUT2D eigenvalue weighted by Crippen LogP contribution is -2.68. The predicted molar refractivity (Wildman–Crippen MR) is 120 cm³/mol. The smallest absolute Gasteiger partial charge is 0.289 e. The molecule has 2 aromatic rings. The minimum atomic E-state index is -0.459. The van der Waals surface area contributed by atoms with Gasteiger partial charge in [0.25, 0.3) is 11.8 Å². The number of anilines is 1. The fourth-order valence-electron chi connectivity index (χ4n) is 6.37. The summed E-state index contributed by atoms with van der Waals surface area (Å²) < 4.78 is 5.23. The Balaban J connectivity index is 1.12. The van der Waals surface area contributed by atoms with Gasteiger partial charge in [0.05, 0.1) is 11.8 Å². The number of nitrogens with zero attached hydrogens (tertiary/aromatic N) is 2. The van der Waals surface area contributed by atoms with Crippen molar-refractivity contribution in [2.24, 2.45) is 17.8 Å². The fourth-order valence-corrected chi connectivity index (χ4v) is 6.37. The largest absolute Gasteiger partial charge is 0.459 e. The molecule has 3 saturated carbocycles. The van der Waals surface area contributed by atoms with Crippen LogP contribution < -0.4 is 10.6 Å². The molecule has 3 heterocycles. The molecule has 1 aromatic carbocycles. The highest BCUT2D eigenvalue weighted by Crippen LogP contribution is 2.52. The van der Waals surface area contributed by atoms with E-state index in [9.17, 15) is 14.4 Å². The Bertz CT molecular complexity index is 1090. The number of furan rings is 1. The second-order valence-electron chi connectivity index (χ2n) is 9.77. The van der Waals surface area contributed by atoms with Crippen LogP contribution in [0.1, 0.15) is 46.6 Å². The molecule has 4 fully saturated rings. The number of piperazine rings is 1. The van der Waals surface area contributed by atoms with Gasteiger partial charge >= 0.3 is 0 Å². The van der Waals surface area contributed by atoms with Crippen molar-refractivity contribution in [2.75, 3.05) is 31.5 Å². The highest BCUT2D eigenvalue weighted by molar-refractivity contribution is 6.02. The minimum absolute atomic E-state index is 0.0161. The van der Waals surface area contributed by atoms with Crippen LogP contribution >= 0.6 is 0 Å². The molecule has 8 nitrogen and oxygen atoms in total. The van der Waals surface area contributed by atoms with Crippen LogP contribution in [0.4, 0.5) is 5.69 Å². The summed E-state index contributed by atoms with van der Waals surface area (Å²) in [5, 5.41) is 6.90. The molecule has 4 atom stereocenters. The first kappa shape index (κ1) is 20.3. The number of para-hydroxylation sites is 1. The van der Waals surface area contributed by atoms with Gasteiger partial charge in [-0.3, -0.25) is 14.4 Å². The van der Waals surface area contributed by atoms with E-state index in [1.165, 1.54) is 6.26 Å². The lowest BCUT2D eigenvalue weighted by atomic mass is 9.58. The van der Waals surface area contributed by atoms with Gasteiger partial charge in [-0.25, -0.2) is 0 Å². The second kappa shape index (κ2) is 7.64. The molecule has 3 unspecified atom stereocenters. The van der Waals surface area contributed by atoms with Gasteiger partial charge in [0.1, 0.15) is 5.66 Å². The van der Waals surface area contributed by atoms with E-state index in [0.29, 0.717) is 37.5 Å². The summed E-state index contributed by atoms with van der Waals surface area (Å²) in [4.78, 5) is 42.5. The van der Waals surface area contributed by atoms with E-state index in [-0.39, 0.29) is 35.5 Å². The third kappa shape index (κ3) is 3.31. The van der Waals surface area contributed by atoms with E-state index >= 15 is 0 Å². The number of carbonyl (C=O) groups is 3. The summed E-state index contributed by atoms with van der Waals surface area (Å²) in [7, 11) is 0. The molecule has 2 aliphatic heterocycles. The summed E-state index contributed by atoms with van der Waals surface area (Å²) in [6, 6.07) is 11.0. The number of nitrogens with one attached hydrogen (secondary N) is 2. The number of hydrogen-bond acceptors (Lipinski definition) is 5. The first-order valence-corrected chi connectivity index (χ1v) is 11.9.